The fourth-order valence-electron chi connectivity index (χ4n) is 4.18. The Hall–Kier alpha value is -3.10. The summed E-state index contributed by atoms with van der Waals surface area (Å²) in [6.45, 7) is 12.3. The molecule has 35 heavy (non-hydrogen) atoms. The first-order valence-corrected chi connectivity index (χ1v) is 12.7. The highest BCUT2D eigenvalue weighted by molar-refractivity contribution is 7.15. The first kappa shape index (κ1) is 25.0. The Morgan fingerprint density at radius 2 is 1.86 bits per heavy atom. The number of aryl methyl sites for hydroxylation is 2. The van der Waals surface area contributed by atoms with Crippen LogP contribution in [0.15, 0.2) is 41.4 Å². The van der Waals surface area contributed by atoms with E-state index < -0.39 is 11.6 Å². The van der Waals surface area contributed by atoms with Gasteiger partial charge in [-0.3, -0.25) is 14.4 Å². The van der Waals surface area contributed by atoms with Crippen LogP contribution in [0, 0.1) is 20.8 Å². The lowest BCUT2D eigenvalue weighted by Crippen LogP contribution is -2.25. The van der Waals surface area contributed by atoms with E-state index in [2.05, 4.69) is 59.0 Å². The van der Waals surface area contributed by atoms with Crippen LogP contribution in [0.3, 0.4) is 0 Å². The van der Waals surface area contributed by atoms with E-state index in [1.807, 2.05) is 33.8 Å². The van der Waals surface area contributed by atoms with Crippen molar-refractivity contribution in [3.8, 4) is 5.00 Å². The molecule has 1 aliphatic heterocycles. The molecule has 0 saturated carbocycles. The summed E-state index contributed by atoms with van der Waals surface area (Å²) in [6, 6.07) is 7.93. The molecule has 7 nitrogen and oxygen atoms in total. The van der Waals surface area contributed by atoms with Gasteiger partial charge in [-0.05, 0) is 59.1 Å². The minimum atomic E-state index is -0.571. The van der Waals surface area contributed by atoms with Gasteiger partial charge in [0.25, 0.3) is 0 Å². The highest BCUT2D eigenvalue weighted by Gasteiger charge is 2.33. The van der Waals surface area contributed by atoms with E-state index in [4.69, 9.17) is 15.5 Å². The van der Waals surface area contributed by atoms with Crippen molar-refractivity contribution >= 4 is 23.0 Å². The minimum Gasteiger partial charge on any atom is -0.460 e. The van der Waals surface area contributed by atoms with E-state index >= 15 is 0 Å². The summed E-state index contributed by atoms with van der Waals surface area (Å²) in [7, 11) is 0. The van der Waals surface area contributed by atoms with Crippen molar-refractivity contribution < 1.29 is 9.53 Å². The number of nitrogens with two attached hydrogens (primary N) is 1. The molecule has 3 heterocycles. The van der Waals surface area contributed by atoms with Crippen molar-refractivity contribution in [2.75, 3.05) is 6.54 Å². The molecular weight excluding hydrogens is 458 g/mol. The number of benzene rings is 1. The predicted octanol–water partition coefficient (Wildman–Crippen LogP) is 4.94. The molecular formula is C27H33N5O2S. The summed E-state index contributed by atoms with van der Waals surface area (Å²) >= 11 is 1.70. The van der Waals surface area contributed by atoms with Crippen LogP contribution in [0.5, 0.6) is 0 Å². The molecule has 0 radical (unpaired) electrons. The summed E-state index contributed by atoms with van der Waals surface area (Å²) in [5.41, 5.74) is 10.3. The maximum Gasteiger partial charge on any atom is 0.308 e. The molecule has 0 spiro atoms. The number of thiophene rings is 1. The average Bonchev–Trinajstić information content (AvgIpc) is 3.25. The number of carbonyl (C=O) groups excluding carboxylic acids is 1. The molecule has 0 bridgehead atoms. The molecule has 4 rings (SSSR count). The third-order valence-corrected chi connectivity index (χ3v) is 7.10. The van der Waals surface area contributed by atoms with Crippen molar-refractivity contribution in [3.05, 3.63) is 75.2 Å². The summed E-state index contributed by atoms with van der Waals surface area (Å²) in [6.07, 6.45) is 4.96. The predicted molar refractivity (Wildman–Crippen MR) is 141 cm³/mol. The minimum absolute atomic E-state index is 0.0911. The Morgan fingerprint density at radius 3 is 2.51 bits per heavy atom. The first-order valence-electron chi connectivity index (χ1n) is 11.9. The number of hydrogen-bond donors (Lipinski definition) is 1. The number of carbonyl (C=O) groups is 1. The molecule has 1 aromatic carbocycles. The van der Waals surface area contributed by atoms with E-state index in [1.165, 1.54) is 16.0 Å². The topological polar surface area (TPSA) is 95.4 Å². The zero-order chi connectivity index (χ0) is 25.3. The van der Waals surface area contributed by atoms with Gasteiger partial charge >= 0.3 is 5.97 Å². The highest BCUT2D eigenvalue weighted by Crippen LogP contribution is 2.39. The Balaban J connectivity index is 1.83. The van der Waals surface area contributed by atoms with Crippen molar-refractivity contribution in [2.24, 2.45) is 10.7 Å². The Kier molecular flexibility index (Phi) is 7.05. The fourth-order valence-corrected chi connectivity index (χ4v) is 5.39. The maximum atomic E-state index is 12.8. The van der Waals surface area contributed by atoms with Gasteiger partial charge in [0.05, 0.1) is 12.1 Å². The third kappa shape index (κ3) is 5.28. The molecule has 1 atom stereocenters. The molecule has 2 N–H and O–H groups in total. The SMILES string of the molecule is Cc1sc2c(c1C)C(c1ccc(C/C=C/CN)cc1)=NC(CC(=O)OC(C)(C)C)c1nnc(C)n1-2. The van der Waals surface area contributed by atoms with Crippen LogP contribution in [0.1, 0.15) is 72.0 Å². The molecule has 184 valence electrons. The van der Waals surface area contributed by atoms with E-state index in [0.29, 0.717) is 12.4 Å². The van der Waals surface area contributed by atoms with Gasteiger partial charge in [-0.2, -0.15) is 0 Å². The van der Waals surface area contributed by atoms with Gasteiger partial charge in [0.2, 0.25) is 0 Å². The van der Waals surface area contributed by atoms with Gasteiger partial charge in [-0.15, -0.1) is 21.5 Å². The highest BCUT2D eigenvalue weighted by atomic mass is 32.1. The lowest BCUT2D eigenvalue weighted by molar-refractivity contribution is -0.155. The van der Waals surface area contributed by atoms with Crippen molar-refractivity contribution in [3.63, 3.8) is 0 Å². The van der Waals surface area contributed by atoms with Crippen molar-refractivity contribution in [1.82, 2.24) is 14.8 Å². The lowest BCUT2D eigenvalue weighted by Gasteiger charge is -2.21. The third-order valence-electron chi connectivity index (χ3n) is 5.90. The summed E-state index contributed by atoms with van der Waals surface area (Å²) in [4.78, 5) is 19.2. The molecule has 0 saturated heterocycles. The largest absolute Gasteiger partial charge is 0.460 e. The normalized spacial score (nSPS) is 15.5. The Morgan fingerprint density at radius 1 is 1.14 bits per heavy atom. The number of rotatable bonds is 6. The molecule has 3 aromatic rings. The van der Waals surface area contributed by atoms with E-state index in [9.17, 15) is 4.79 Å². The summed E-state index contributed by atoms with van der Waals surface area (Å²) in [5.74, 6) is 1.13. The van der Waals surface area contributed by atoms with Crippen LogP contribution in [0.25, 0.3) is 5.00 Å². The molecule has 8 heteroatoms. The average molecular weight is 492 g/mol. The Labute approximate surface area is 210 Å². The number of allylic oxidation sites excluding steroid dienone is 1. The van der Waals surface area contributed by atoms with Crippen LogP contribution < -0.4 is 5.73 Å². The molecule has 1 aliphatic rings. The van der Waals surface area contributed by atoms with Crippen molar-refractivity contribution in [1.29, 1.82) is 0 Å². The molecule has 0 amide bonds. The van der Waals surface area contributed by atoms with Gasteiger partial charge in [-0.25, -0.2) is 0 Å². The zero-order valence-electron chi connectivity index (χ0n) is 21.3. The maximum absolute atomic E-state index is 12.8. The Bertz CT molecular complexity index is 1290. The van der Waals surface area contributed by atoms with Gasteiger partial charge < -0.3 is 10.5 Å². The second-order valence-electron chi connectivity index (χ2n) is 9.80. The zero-order valence-corrected chi connectivity index (χ0v) is 22.1. The van der Waals surface area contributed by atoms with Gasteiger partial charge in [0, 0.05) is 22.5 Å². The number of fused-ring (bicyclic) bond motifs is 3. The number of aromatic nitrogens is 3. The van der Waals surface area contributed by atoms with E-state index in [0.717, 1.165) is 34.1 Å². The van der Waals surface area contributed by atoms with E-state index in [1.54, 1.807) is 11.3 Å². The van der Waals surface area contributed by atoms with Gasteiger partial charge in [0.1, 0.15) is 22.5 Å². The van der Waals surface area contributed by atoms with Crippen LogP contribution in [-0.4, -0.2) is 38.6 Å². The number of nitrogens with zero attached hydrogens (tertiary/aromatic N) is 4. The molecule has 1 unspecified atom stereocenters. The second-order valence-corrected chi connectivity index (χ2v) is 11.0. The fraction of sp³-hybridized carbons (Fsp3) is 0.407. The van der Waals surface area contributed by atoms with Gasteiger partial charge in [-0.1, -0.05) is 36.4 Å². The summed E-state index contributed by atoms with van der Waals surface area (Å²) < 4.78 is 7.68. The number of ether oxygens (including phenoxy) is 1. The number of aliphatic imine (C=N–C) groups is 1. The monoisotopic (exact) mass is 491 g/mol. The number of esters is 1. The summed E-state index contributed by atoms with van der Waals surface area (Å²) in [5, 5.41) is 9.83. The van der Waals surface area contributed by atoms with Crippen molar-refractivity contribution in [2.45, 2.75) is 66.0 Å². The molecule has 2 aromatic heterocycles. The van der Waals surface area contributed by atoms with Crippen LogP contribution in [0.2, 0.25) is 0 Å². The molecule has 0 fully saturated rings. The van der Waals surface area contributed by atoms with E-state index in [-0.39, 0.29) is 12.4 Å². The quantitative estimate of drug-likeness (QED) is 0.389. The standard InChI is InChI=1S/C27H33N5O2S/c1-16-17(2)35-26-23(16)24(20-12-10-19(11-13-20)9-7-8-14-28)29-21(15-22(33)34-27(4,5)6)25-31-30-18(3)32(25)26/h7-8,10-13,21H,9,14-15,28H2,1-6H3/b8-7+. The van der Waals surface area contributed by atoms with Crippen LogP contribution in [0.4, 0.5) is 0 Å². The first-order chi connectivity index (χ1) is 16.6. The molecule has 0 aliphatic carbocycles. The van der Waals surface area contributed by atoms with Gasteiger partial charge in [0.15, 0.2) is 5.82 Å². The number of hydrogen-bond acceptors (Lipinski definition) is 7. The van der Waals surface area contributed by atoms with Crippen LogP contribution in [-0.2, 0) is 16.0 Å². The smallest absolute Gasteiger partial charge is 0.308 e. The second kappa shape index (κ2) is 9.87. The lowest BCUT2D eigenvalue weighted by atomic mass is 9.98. The van der Waals surface area contributed by atoms with Crippen LogP contribution >= 0.6 is 11.3 Å².